The number of rotatable bonds is 8. The van der Waals surface area contributed by atoms with Crippen molar-refractivity contribution in [2.75, 3.05) is 27.9 Å². The van der Waals surface area contributed by atoms with Gasteiger partial charge in [0.15, 0.2) is 11.5 Å². The number of hydrogen-bond acceptors (Lipinski definition) is 5. The molecule has 0 aliphatic carbocycles. The van der Waals surface area contributed by atoms with Crippen molar-refractivity contribution in [3.8, 4) is 11.5 Å². The van der Waals surface area contributed by atoms with Crippen molar-refractivity contribution < 1.29 is 23.8 Å². The summed E-state index contributed by atoms with van der Waals surface area (Å²) in [6.45, 7) is 0.500. The van der Waals surface area contributed by atoms with E-state index >= 15 is 0 Å². The first-order valence-electron chi connectivity index (χ1n) is 6.80. The number of ether oxygens (including phenoxy) is 3. The molecule has 0 unspecified atom stereocenters. The van der Waals surface area contributed by atoms with E-state index in [1.54, 1.807) is 19.2 Å². The van der Waals surface area contributed by atoms with Gasteiger partial charge in [0.25, 0.3) is 5.91 Å². The Kier molecular flexibility index (Phi) is 8.00. The lowest BCUT2D eigenvalue weighted by Gasteiger charge is -2.12. The number of esters is 1. The first kappa shape index (κ1) is 18.5. The molecule has 0 aliphatic rings. The smallest absolute Gasteiger partial charge is 0.305 e. The number of hydrogen-bond donors (Lipinski definition) is 1. The second kappa shape index (κ2) is 9.50. The third kappa shape index (κ3) is 5.36. The normalized spacial score (nSPS) is 10.0. The molecule has 0 bridgehead atoms. The summed E-state index contributed by atoms with van der Waals surface area (Å²) in [5.41, 5.74) is 0.534. The molecule has 0 atom stereocenters. The number of methoxy groups -OCH3 is 3. The fraction of sp³-hybridized carbons (Fsp3) is 0.467. The van der Waals surface area contributed by atoms with Crippen LogP contribution in [0.4, 0.5) is 0 Å². The number of unbranched alkanes of at least 4 members (excludes halogenated alkanes) is 1. The average Bonchev–Trinajstić information content (AvgIpc) is 2.53. The number of carbonyl (C=O) groups excluding carboxylic acids is 2. The van der Waals surface area contributed by atoms with Gasteiger partial charge >= 0.3 is 5.97 Å². The molecule has 1 aromatic rings. The zero-order chi connectivity index (χ0) is 16.5. The lowest BCUT2D eigenvalue weighted by atomic mass is 10.1. The van der Waals surface area contributed by atoms with Crippen molar-refractivity contribution in [1.82, 2.24) is 5.32 Å². The van der Waals surface area contributed by atoms with Gasteiger partial charge in [-0.25, -0.2) is 0 Å². The van der Waals surface area contributed by atoms with E-state index in [-0.39, 0.29) is 11.9 Å². The summed E-state index contributed by atoms with van der Waals surface area (Å²) in [5, 5.41) is 2.83. The van der Waals surface area contributed by atoms with E-state index in [4.69, 9.17) is 9.47 Å². The van der Waals surface area contributed by atoms with E-state index in [9.17, 15) is 9.59 Å². The SMILES string of the molecule is COC(=O)CCCCNC(=O)c1cc(OC)c(OC)cc1I. The van der Waals surface area contributed by atoms with Crippen LogP contribution in [0.25, 0.3) is 0 Å². The van der Waals surface area contributed by atoms with Gasteiger partial charge in [-0.1, -0.05) is 0 Å². The van der Waals surface area contributed by atoms with Crippen LogP contribution in [0.2, 0.25) is 0 Å². The summed E-state index contributed by atoms with van der Waals surface area (Å²) >= 11 is 2.08. The van der Waals surface area contributed by atoms with Gasteiger partial charge in [0.1, 0.15) is 0 Å². The van der Waals surface area contributed by atoms with E-state index in [0.717, 1.165) is 3.57 Å². The maximum Gasteiger partial charge on any atom is 0.305 e. The van der Waals surface area contributed by atoms with E-state index in [1.807, 2.05) is 0 Å². The number of amides is 1. The second-order valence-corrected chi connectivity index (χ2v) is 5.64. The van der Waals surface area contributed by atoms with Crippen molar-refractivity contribution >= 4 is 34.5 Å². The summed E-state index contributed by atoms with van der Waals surface area (Å²) in [6, 6.07) is 3.41. The van der Waals surface area contributed by atoms with E-state index in [2.05, 4.69) is 32.6 Å². The third-order valence-corrected chi connectivity index (χ3v) is 3.93. The molecule has 122 valence electrons. The molecule has 0 radical (unpaired) electrons. The van der Waals surface area contributed by atoms with E-state index < -0.39 is 0 Å². The van der Waals surface area contributed by atoms with Crippen LogP contribution in [0.5, 0.6) is 11.5 Å². The molecule has 0 spiro atoms. The van der Waals surface area contributed by atoms with Gasteiger partial charge in [0.2, 0.25) is 0 Å². The van der Waals surface area contributed by atoms with Gasteiger partial charge in [0, 0.05) is 16.5 Å². The molecule has 0 heterocycles. The minimum absolute atomic E-state index is 0.177. The summed E-state index contributed by atoms with van der Waals surface area (Å²) in [7, 11) is 4.44. The second-order valence-electron chi connectivity index (χ2n) is 4.48. The fourth-order valence-corrected chi connectivity index (χ4v) is 2.51. The van der Waals surface area contributed by atoms with Crippen LogP contribution in [-0.4, -0.2) is 39.8 Å². The Bertz CT molecular complexity index is 533. The minimum Gasteiger partial charge on any atom is -0.493 e. The van der Waals surface area contributed by atoms with Crippen LogP contribution in [0.3, 0.4) is 0 Å². The Morgan fingerprint density at radius 1 is 1.09 bits per heavy atom. The van der Waals surface area contributed by atoms with Crippen LogP contribution in [0.15, 0.2) is 12.1 Å². The van der Waals surface area contributed by atoms with Crippen molar-refractivity contribution in [3.05, 3.63) is 21.3 Å². The Morgan fingerprint density at radius 3 is 2.32 bits per heavy atom. The van der Waals surface area contributed by atoms with Crippen molar-refractivity contribution in [2.45, 2.75) is 19.3 Å². The molecule has 1 rings (SSSR count). The molecule has 7 heteroatoms. The Hall–Kier alpha value is -1.51. The van der Waals surface area contributed by atoms with Crippen LogP contribution >= 0.6 is 22.6 Å². The van der Waals surface area contributed by atoms with Crippen molar-refractivity contribution in [2.24, 2.45) is 0 Å². The molecule has 1 amide bonds. The van der Waals surface area contributed by atoms with Gasteiger partial charge in [-0.2, -0.15) is 0 Å². The largest absolute Gasteiger partial charge is 0.493 e. The molecule has 0 aromatic heterocycles. The number of halogens is 1. The number of benzene rings is 1. The molecule has 1 N–H and O–H groups in total. The van der Waals surface area contributed by atoms with E-state index in [1.165, 1.54) is 14.2 Å². The molecule has 1 aromatic carbocycles. The highest BCUT2D eigenvalue weighted by Gasteiger charge is 2.15. The molecular weight excluding hydrogens is 401 g/mol. The molecule has 0 saturated heterocycles. The predicted molar refractivity (Wildman–Crippen MR) is 90.5 cm³/mol. The zero-order valence-corrected chi connectivity index (χ0v) is 15.1. The molecular formula is C15H20INO5. The highest BCUT2D eigenvalue weighted by Crippen LogP contribution is 2.31. The highest BCUT2D eigenvalue weighted by molar-refractivity contribution is 14.1. The van der Waals surface area contributed by atoms with Crippen LogP contribution in [0.1, 0.15) is 29.6 Å². The Morgan fingerprint density at radius 2 is 1.73 bits per heavy atom. The van der Waals surface area contributed by atoms with Crippen LogP contribution < -0.4 is 14.8 Å². The topological polar surface area (TPSA) is 73.9 Å². The molecule has 22 heavy (non-hydrogen) atoms. The first-order chi connectivity index (χ1) is 10.5. The van der Waals surface area contributed by atoms with Crippen LogP contribution in [-0.2, 0) is 9.53 Å². The van der Waals surface area contributed by atoms with Gasteiger partial charge in [0.05, 0.1) is 26.9 Å². The van der Waals surface area contributed by atoms with Gasteiger partial charge in [-0.15, -0.1) is 0 Å². The number of nitrogens with one attached hydrogen (secondary N) is 1. The zero-order valence-electron chi connectivity index (χ0n) is 12.9. The van der Waals surface area contributed by atoms with Gasteiger partial charge < -0.3 is 19.5 Å². The van der Waals surface area contributed by atoms with Crippen molar-refractivity contribution in [1.29, 1.82) is 0 Å². The fourth-order valence-electron chi connectivity index (χ4n) is 1.82. The minimum atomic E-state index is -0.235. The summed E-state index contributed by atoms with van der Waals surface area (Å²) in [5.74, 6) is 0.685. The Labute approximate surface area is 143 Å². The molecule has 0 aliphatic heterocycles. The monoisotopic (exact) mass is 421 g/mol. The van der Waals surface area contributed by atoms with Crippen molar-refractivity contribution in [3.63, 3.8) is 0 Å². The highest BCUT2D eigenvalue weighted by atomic mass is 127. The molecule has 6 nitrogen and oxygen atoms in total. The van der Waals surface area contributed by atoms with Crippen LogP contribution in [0, 0.1) is 3.57 Å². The summed E-state index contributed by atoms with van der Waals surface area (Å²) in [4.78, 5) is 23.2. The maximum atomic E-state index is 12.2. The Balaban J connectivity index is 2.57. The first-order valence-corrected chi connectivity index (χ1v) is 7.87. The quantitative estimate of drug-likeness (QED) is 0.397. The average molecular weight is 421 g/mol. The van der Waals surface area contributed by atoms with Gasteiger partial charge in [-0.3, -0.25) is 9.59 Å². The lowest BCUT2D eigenvalue weighted by molar-refractivity contribution is -0.140. The third-order valence-electron chi connectivity index (χ3n) is 3.04. The van der Waals surface area contributed by atoms with Gasteiger partial charge in [-0.05, 0) is 47.6 Å². The number of carbonyl (C=O) groups is 2. The summed E-state index contributed by atoms with van der Waals surface area (Å²) < 4.78 is 15.7. The van der Waals surface area contributed by atoms with E-state index in [0.29, 0.717) is 42.9 Å². The predicted octanol–water partition coefficient (Wildman–Crippen LogP) is 2.38. The molecule has 0 fully saturated rings. The lowest BCUT2D eigenvalue weighted by Crippen LogP contribution is -2.25. The molecule has 0 saturated carbocycles. The summed E-state index contributed by atoms with van der Waals surface area (Å²) in [6.07, 6.45) is 1.75. The standard InChI is InChI=1S/C15H20INO5/c1-20-12-8-10(11(16)9-13(12)21-2)15(19)17-7-5-4-6-14(18)22-3/h8-9H,4-7H2,1-3H3,(H,17,19). The maximum absolute atomic E-state index is 12.2.